The van der Waals surface area contributed by atoms with E-state index in [9.17, 15) is 9.90 Å². The van der Waals surface area contributed by atoms with Crippen LogP contribution >= 0.6 is 0 Å². The SMILES string of the molecule is COc1cc(-c2nc([C@H]3C[C@](C)(O)C3)n3ccnc(N)c23)ccc1C(=O)c1ccccc1. The van der Waals surface area contributed by atoms with Crippen LogP contribution in [0.2, 0.25) is 0 Å². The molecule has 32 heavy (non-hydrogen) atoms. The topological polar surface area (TPSA) is 103 Å². The molecule has 7 heteroatoms. The van der Waals surface area contributed by atoms with E-state index in [1.807, 2.05) is 47.9 Å². The number of ether oxygens (including phenoxy) is 1. The van der Waals surface area contributed by atoms with Crippen LogP contribution in [0, 0.1) is 0 Å². The molecule has 7 nitrogen and oxygen atoms in total. The van der Waals surface area contributed by atoms with Crippen LogP contribution in [0.15, 0.2) is 60.9 Å². The highest BCUT2D eigenvalue weighted by molar-refractivity contribution is 6.11. The maximum absolute atomic E-state index is 13.0. The molecule has 2 aromatic carbocycles. The number of hydrogen-bond donors (Lipinski definition) is 2. The van der Waals surface area contributed by atoms with Gasteiger partial charge in [0.05, 0.1) is 18.3 Å². The van der Waals surface area contributed by atoms with Gasteiger partial charge in [-0.2, -0.15) is 0 Å². The number of nitrogens with two attached hydrogens (primary N) is 1. The van der Waals surface area contributed by atoms with E-state index >= 15 is 0 Å². The smallest absolute Gasteiger partial charge is 0.196 e. The van der Waals surface area contributed by atoms with Crippen molar-refractivity contribution in [2.75, 3.05) is 12.8 Å². The molecule has 0 amide bonds. The van der Waals surface area contributed by atoms with E-state index in [2.05, 4.69) is 4.98 Å². The molecule has 0 atom stereocenters. The van der Waals surface area contributed by atoms with Crippen LogP contribution in [0.1, 0.15) is 47.4 Å². The Bertz CT molecular complexity index is 1320. The van der Waals surface area contributed by atoms with Crippen LogP contribution in [0.3, 0.4) is 0 Å². The fraction of sp³-hybridized carbons (Fsp3) is 0.240. The summed E-state index contributed by atoms with van der Waals surface area (Å²) in [6, 6.07) is 14.5. The molecule has 0 spiro atoms. The van der Waals surface area contributed by atoms with Crippen molar-refractivity contribution in [1.82, 2.24) is 14.4 Å². The van der Waals surface area contributed by atoms with Crippen molar-refractivity contribution in [3.8, 4) is 17.0 Å². The molecule has 2 heterocycles. The summed E-state index contributed by atoms with van der Waals surface area (Å²) in [5.74, 6) is 1.71. The summed E-state index contributed by atoms with van der Waals surface area (Å²) in [6.07, 6.45) is 4.77. The molecule has 0 bridgehead atoms. The van der Waals surface area contributed by atoms with Gasteiger partial charge in [0.15, 0.2) is 5.78 Å². The van der Waals surface area contributed by atoms with Gasteiger partial charge in [0.2, 0.25) is 0 Å². The lowest BCUT2D eigenvalue weighted by Gasteiger charge is -2.40. The molecule has 0 radical (unpaired) electrons. The Morgan fingerprint density at radius 3 is 2.66 bits per heavy atom. The fourth-order valence-electron chi connectivity index (χ4n) is 4.53. The van der Waals surface area contributed by atoms with Gasteiger partial charge in [-0.3, -0.25) is 9.20 Å². The van der Waals surface area contributed by atoms with E-state index in [0.717, 1.165) is 11.4 Å². The molecule has 5 rings (SSSR count). The zero-order valence-electron chi connectivity index (χ0n) is 17.9. The van der Waals surface area contributed by atoms with Crippen molar-refractivity contribution in [2.45, 2.75) is 31.3 Å². The summed E-state index contributed by atoms with van der Waals surface area (Å²) in [5.41, 5.74) is 8.81. The van der Waals surface area contributed by atoms with E-state index in [1.165, 1.54) is 0 Å². The van der Waals surface area contributed by atoms with Crippen LogP contribution in [0.4, 0.5) is 5.82 Å². The van der Waals surface area contributed by atoms with E-state index < -0.39 is 5.60 Å². The predicted octanol–water partition coefficient (Wildman–Crippen LogP) is 3.85. The molecule has 0 aliphatic heterocycles. The van der Waals surface area contributed by atoms with Gasteiger partial charge < -0.3 is 15.6 Å². The van der Waals surface area contributed by atoms with Gasteiger partial charge in [0.1, 0.15) is 28.6 Å². The highest BCUT2D eigenvalue weighted by Crippen LogP contribution is 2.45. The van der Waals surface area contributed by atoms with Gasteiger partial charge in [-0.25, -0.2) is 9.97 Å². The lowest BCUT2D eigenvalue weighted by Crippen LogP contribution is -2.40. The van der Waals surface area contributed by atoms with Gasteiger partial charge in [-0.05, 0) is 31.9 Å². The number of benzene rings is 2. The minimum Gasteiger partial charge on any atom is -0.496 e. The second-order valence-corrected chi connectivity index (χ2v) is 8.56. The van der Waals surface area contributed by atoms with Crippen molar-refractivity contribution in [3.05, 3.63) is 77.9 Å². The van der Waals surface area contributed by atoms with Crippen molar-refractivity contribution in [2.24, 2.45) is 0 Å². The van der Waals surface area contributed by atoms with E-state index in [4.69, 9.17) is 15.5 Å². The summed E-state index contributed by atoms with van der Waals surface area (Å²) < 4.78 is 7.52. The number of anilines is 1. The van der Waals surface area contributed by atoms with E-state index in [0.29, 0.717) is 46.7 Å². The van der Waals surface area contributed by atoms with Crippen LogP contribution in [-0.2, 0) is 0 Å². The Labute approximate surface area is 185 Å². The number of ketones is 1. The molecule has 4 aromatic rings. The molecular weight excluding hydrogens is 404 g/mol. The summed E-state index contributed by atoms with van der Waals surface area (Å²) in [4.78, 5) is 22.1. The minimum atomic E-state index is -0.669. The number of aromatic nitrogens is 3. The Kier molecular flexibility index (Phi) is 4.71. The number of fused-ring (bicyclic) bond motifs is 1. The first-order valence-electron chi connectivity index (χ1n) is 10.5. The summed E-state index contributed by atoms with van der Waals surface area (Å²) in [7, 11) is 1.55. The maximum atomic E-state index is 13.0. The monoisotopic (exact) mass is 428 g/mol. The molecule has 3 N–H and O–H groups in total. The Hall–Kier alpha value is -3.71. The van der Waals surface area contributed by atoms with Crippen molar-refractivity contribution < 1.29 is 14.6 Å². The van der Waals surface area contributed by atoms with Gasteiger partial charge in [0.25, 0.3) is 0 Å². The van der Waals surface area contributed by atoms with E-state index in [1.54, 1.807) is 31.5 Å². The number of methoxy groups -OCH3 is 1. The number of rotatable bonds is 5. The first-order valence-corrected chi connectivity index (χ1v) is 10.5. The summed E-state index contributed by atoms with van der Waals surface area (Å²) in [5, 5.41) is 10.2. The molecule has 0 saturated heterocycles. The summed E-state index contributed by atoms with van der Waals surface area (Å²) in [6.45, 7) is 1.84. The third-order valence-electron chi connectivity index (χ3n) is 6.10. The molecule has 1 aliphatic rings. The standard InChI is InChI=1S/C25H24N4O3/c1-25(31)13-17(14-25)24-28-20(21-23(26)27-10-11-29(21)24)16-8-9-18(19(12-16)32-2)22(30)15-6-4-3-5-7-15/h3-12,17,31H,13-14H2,1-2H3,(H2,26,27)/t17-,25-. The van der Waals surface area contributed by atoms with Crippen molar-refractivity contribution in [3.63, 3.8) is 0 Å². The molecule has 2 aromatic heterocycles. The average molecular weight is 428 g/mol. The highest BCUT2D eigenvalue weighted by atomic mass is 16.5. The number of imidazole rings is 1. The average Bonchev–Trinajstić information content (AvgIpc) is 3.18. The van der Waals surface area contributed by atoms with Crippen LogP contribution in [0.25, 0.3) is 16.8 Å². The first kappa shape index (κ1) is 20.2. The van der Waals surface area contributed by atoms with Crippen LogP contribution in [0.5, 0.6) is 5.75 Å². The normalized spacial score (nSPS) is 20.2. The van der Waals surface area contributed by atoms with Gasteiger partial charge in [-0.15, -0.1) is 0 Å². The molecule has 162 valence electrons. The Morgan fingerprint density at radius 2 is 1.97 bits per heavy atom. The highest BCUT2D eigenvalue weighted by Gasteiger charge is 2.41. The van der Waals surface area contributed by atoms with Crippen LogP contribution < -0.4 is 10.5 Å². The fourth-order valence-corrected chi connectivity index (χ4v) is 4.53. The molecule has 1 fully saturated rings. The van der Waals surface area contributed by atoms with Crippen molar-refractivity contribution >= 4 is 17.1 Å². The van der Waals surface area contributed by atoms with Crippen LogP contribution in [-0.4, -0.2) is 38.0 Å². The quantitative estimate of drug-likeness (QED) is 0.468. The lowest BCUT2D eigenvalue weighted by molar-refractivity contribution is -0.0335. The molecule has 1 saturated carbocycles. The second-order valence-electron chi connectivity index (χ2n) is 8.56. The van der Waals surface area contributed by atoms with Gasteiger partial charge in [0, 0.05) is 29.4 Å². The minimum absolute atomic E-state index is 0.109. The largest absolute Gasteiger partial charge is 0.496 e. The van der Waals surface area contributed by atoms with Crippen molar-refractivity contribution in [1.29, 1.82) is 0 Å². The van der Waals surface area contributed by atoms with Gasteiger partial charge >= 0.3 is 0 Å². The third kappa shape index (κ3) is 3.31. The number of nitrogens with zero attached hydrogens (tertiary/aromatic N) is 3. The first-order chi connectivity index (χ1) is 15.4. The second kappa shape index (κ2) is 7.46. The Morgan fingerprint density at radius 1 is 1.22 bits per heavy atom. The lowest BCUT2D eigenvalue weighted by atomic mass is 9.72. The number of carbonyl (C=O) groups excluding carboxylic acids is 1. The number of carbonyl (C=O) groups is 1. The number of aliphatic hydroxyl groups is 1. The molecular formula is C25H24N4O3. The number of hydrogen-bond acceptors (Lipinski definition) is 6. The molecule has 0 unspecified atom stereocenters. The number of nitrogen functional groups attached to an aromatic ring is 1. The maximum Gasteiger partial charge on any atom is 0.196 e. The predicted molar refractivity (Wildman–Crippen MR) is 122 cm³/mol. The zero-order chi connectivity index (χ0) is 22.5. The Balaban J connectivity index is 1.61. The van der Waals surface area contributed by atoms with Gasteiger partial charge in [-0.1, -0.05) is 36.4 Å². The zero-order valence-corrected chi connectivity index (χ0v) is 17.9. The molecule has 1 aliphatic carbocycles. The van der Waals surface area contributed by atoms with E-state index in [-0.39, 0.29) is 11.7 Å². The third-order valence-corrected chi connectivity index (χ3v) is 6.10. The summed E-state index contributed by atoms with van der Waals surface area (Å²) >= 11 is 0.